The summed E-state index contributed by atoms with van der Waals surface area (Å²) < 4.78 is 10.7. The zero-order valence-electron chi connectivity index (χ0n) is 18.8. The van der Waals surface area contributed by atoms with E-state index in [-0.39, 0.29) is 18.2 Å². The summed E-state index contributed by atoms with van der Waals surface area (Å²) in [4.78, 5) is 29.2. The summed E-state index contributed by atoms with van der Waals surface area (Å²) >= 11 is 0. The molecule has 0 N–H and O–H groups in total. The molecular formula is C26H30N2O4. The third kappa shape index (κ3) is 4.79. The van der Waals surface area contributed by atoms with Crippen molar-refractivity contribution in [3.8, 4) is 11.5 Å². The Balaban J connectivity index is 1.33. The molecule has 1 fully saturated rings. The summed E-state index contributed by atoms with van der Waals surface area (Å²) in [7, 11) is 3.18. The number of fused-ring (bicyclic) bond motifs is 1. The number of rotatable bonds is 6. The van der Waals surface area contributed by atoms with Crippen molar-refractivity contribution in [2.75, 3.05) is 33.9 Å². The molecule has 0 atom stereocenters. The zero-order chi connectivity index (χ0) is 22.5. The van der Waals surface area contributed by atoms with Gasteiger partial charge in [0.15, 0.2) is 11.5 Å². The van der Waals surface area contributed by atoms with Crippen molar-refractivity contribution in [3.05, 3.63) is 65.4 Å². The fraction of sp³-hybridized carbons (Fsp3) is 0.385. The molecule has 0 unspecified atom stereocenters. The van der Waals surface area contributed by atoms with Gasteiger partial charge in [-0.15, -0.1) is 0 Å². The fourth-order valence-electron chi connectivity index (χ4n) is 4.52. The molecule has 2 amide bonds. The van der Waals surface area contributed by atoms with E-state index in [1.54, 1.807) is 25.3 Å². The predicted octanol–water partition coefficient (Wildman–Crippen LogP) is 3.86. The third-order valence-electron chi connectivity index (χ3n) is 6.43. The number of amides is 2. The normalized spacial score (nSPS) is 16.5. The highest BCUT2D eigenvalue weighted by atomic mass is 16.5. The van der Waals surface area contributed by atoms with Crippen LogP contribution in [0.3, 0.4) is 0 Å². The van der Waals surface area contributed by atoms with Crippen LogP contribution in [0.2, 0.25) is 0 Å². The van der Waals surface area contributed by atoms with Crippen LogP contribution < -0.4 is 9.47 Å². The lowest BCUT2D eigenvalue weighted by Crippen LogP contribution is -2.39. The molecule has 2 heterocycles. The quantitative estimate of drug-likeness (QED) is 0.693. The van der Waals surface area contributed by atoms with E-state index in [2.05, 4.69) is 24.3 Å². The number of ether oxygens (including phenoxy) is 2. The zero-order valence-corrected chi connectivity index (χ0v) is 18.8. The van der Waals surface area contributed by atoms with Gasteiger partial charge in [-0.25, -0.2) is 0 Å². The van der Waals surface area contributed by atoms with Crippen LogP contribution in [0.1, 0.15) is 41.9 Å². The number of piperidine rings is 1. The lowest BCUT2D eigenvalue weighted by molar-refractivity contribution is -0.133. The molecule has 0 radical (unpaired) electrons. The van der Waals surface area contributed by atoms with Crippen molar-refractivity contribution in [3.63, 3.8) is 0 Å². The van der Waals surface area contributed by atoms with Gasteiger partial charge in [-0.1, -0.05) is 30.3 Å². The van der Waals surface area contributed by atoms with Gasteiger partial charge in [0.2, 0.25) is 11.8 Å². The van der Waals surface area contributed by atoms with Crippen LogP contribution in [0, 0.1) is 0 Å². The molecule has 6 heteroatoms. The number of methoxy groups -OCH3 is 2. The van der Waals surface area contributed by atoms with Crippen molar-refractivity contribution in [2.24, 2.45) is 0 Å². The summed E-state index contributed by atoms with van der Waals surface area (Å²) in [6, 6.07) is 14.2. The first-order chi connectivity index (χ1) is 15.6. The largest absolute Gasteiger partial charge is 0.493 e. The number of carbonyl (C=O) groups excluding carboxylic acids is 2. The Kier molecular flexibility index (Phi) is 6.78. The number of hydrogen-bond donors (Lipinski definition) is 0. The molecule has 0 spiro atoms. The van der Waals surface area contributed by atoms with E-state index in [1.807, 2.05) is 29.2 Å². The van der Waals surface area contributed by atoms with Gasteiger partial charge in [0.25, 0.3) is 0 Å². The highest BCUT2D eigenvalue weighted by Crippen LogP contribution is 2.33. The summed E-state index contributed by atoms with van der Waals surface area (Å²) in [6.07, 6.45) is 6.23. The molecule has 2 aliphatic rings. The standard InChI is InChI=1S/C26H30N2O4/c1-31-23-16-21-10-14-28(26(30)18-22(21)17-24(23)32-2)15-11-25(29)27-12-8-20(9-13-27)19-6-4-3-5-7-19/h3-7,10,14,16-17,20H,8-9,11-13,15,18H2,1-2H3. The lowest BCUT2D eigenvalue weighted by atomic mass is 9.89. The van der Waals surface area contributed by atoms with Crippen LogP contribution in [0.15, 0.2) is 48.7 Å². The minimum Gasteiger partial charge on any atom is -0.493 e. The van der Waals surface area contributed by atoms with Gasteiger partial charge in [-0.05, 0) is 53.7 Å². The smallest absolute Gasteiger partial charge is 0.230 e. The molecule has 2 aliphatic heterocycles. The van der Waals surface area contributed by atoms with Crippen LogP contribution in [0.25, 0.3) is 6.08 Å². The minimum atomic E-state index is -0.0252. The predicted molar refractivity (Wildman–Crippen MR) is 124 cm³/mol. The summed E-state index contributed by atoms with van der Waals surface area (Å²) in [5, 5.41) is 0. The second-order valence-corrected chi connectivity index (χ2v) is 8.30. The summed E-state index contributed by atoms with van der Waals surface area (Å²) in [5.74, 6) is 1.84. The maximum atomic E-state index is 12.8. The van der Waals surface area contributed by atoms with E-state index < -0.39 is 0 Å². The third-order valence-corrected chi connectivity index (χ3v) is 6.43. The van der Waals surface area contributed by atoms with Crippen LogP contribution >= 0.6 is 0 Å². The summed E-state index contributed by atoms with van der Waals surface area (Å²) in [6.45, 7) is 1.93. The second kappa shape index (κ2) is 9.90. The maximum absolute atomic E-state index is 12.8. The second-order valence-electron chi connectivity index (χ2n) is 8.30. The Bertz CT molecular complexity index is 994. The van der Waals surface area contributed by atoms with Crippen LogP contribution in [0.5, 0.6) is 11.5 Å². The van der Waals surface area contributed by atoms with Crippen molar-refractivity contribution >= 4 is 17.9 Å². The Morgan fingerprint density at radius 1 is 1.03 bits per heavy atom. The van der Waals surface area contributed by atoms with E-state index >= 15 is 0 Å². The van der Waals surface area contributed by atoms with Gasteiger partial charge < -0.3 is 19.3 Å². The van der Waals surface area contributed by atoms with Gasteiger partial charge in [0, 0.05) is 32.3 Å². The van der Waals surface area contributed by atoms with E-state index in [9.17, 15) is 9.59 Å². The van der Waals surface area contributed by atoms with Crippen LogP contribution in [-0.4, -0.2) is 55.5 Å². The molecule has 6 nitrogen and oxygen atoms in total. The number of hydrogen-bond acceptors (Lipinski definition) is 4. The Hall–Kier alpha value is -3.28. The molecule has 4 rings (SSSR count). The van der Waals surface area contributed by atoms with Crippen molar-refractivity contribution in [2.45, 2.75) is 31.6 Å². The van der Waals surface area contributed by atoms with Gasteiger partial charge in [-0.3, -0.25) is 9.59 Å². The minimum absolute atomic E-state index is 0.0252. The average molecular weight is 435 g/mol. The Labute approximate surface area is 189 Å². The number of benzene rings is 2. The molecule has 0 saturated carbocycles. The molecule has 168 valence electrons. The molecule has 32 heavy (non-hydrogen) atoms. The topological polar surface area (TPSA) is 59.1 Å². The molecule has 1 saturated heterocycles. The first-order valence-corrected chi connectivity index (χ1v) is 11.1. The van der Waals surface area contributed by atoms with Gasteiger partial charge in [-0.2, -0.15) is 0 Å². The van der Waals surface area contributed by atoms with Crippen molar-refractivity contribution < 1.29 is 19.1 Å². The first-order valence-electron chi connectivity index (χ1n) is 11.1. The highest BCUT2D eigenvalue weighted by molar-refractivity contribution is 5.85. The highest BCUT2D eigenvalue weighted by Gasteiger charge is 2.25. The number of nitrogens with zero attached hydrogens (tertiary/aromatic N) is 2. The average Bonchev–Trinajstić information content (AvgIpc) is 2.99. The van der Waals surface area contributed by atoms with E-state index in [0.29, 0.717) is 30.4 Å². The van der Waals surface area contributed by atoms with Gasteiger partial charge >= 0.3 is 0 Å². The van der Waals surface area contributed by atoms with Gasteiger partial charge in [0.1, 0.15) is 0 Å². The molecule has 0 aliphatic carbocycles. The van der Waals surface area contributed by atoms with Crippen molar-refractivity contribution in [1.82, 2.24) is 9.80 Å². The van der Waals surface area contributed by atoms with Gasteiger partial charge in [0.05, 0.1) is 20.6 Å². The van der Waals surface area contributed by atoms with Crippen molar-refractivity contribution in [1.29, 1.82) is 0 Å². The molecule has 2 aromatic carbocycles. The molecular weight excluding hydrogens is 404 g/mol. The van der Waals surface area contributed by atoms with E-state index in [4.69, 9.17) is 9.47 Å². The van der Waals surface area contributed by atoms with E-state index in [1.165, 1.54) is 5.56 Å². The SMILES string of the molecule is COc1cc2c(cc1OC)CC(=O)N(CCC(=O)N1CCC(c3ccccc3)CC1)C=C2. The molecule has 2 aromatic rings. The Morgan fingerprint density at radius 3 is 2.41 bits per heavy atom. The molecule has 0 bridgehead atoms. The first kappa shape index (κ1) is 21.9. The van der Waals surface area contributed by atoms with E-state index in [0.717, 1.165) is 37.1 Å². The monoisotopic (exact) mass is 434 g/mol. The van der Waals surface area contributed by atoms with Crippen LogP contribution in [-0.2, 0) is 16.0 Å². The molecule has 0 aromatic heterocycles. The fourth-order valence-corrected chi connectivity index (χ4v) is 4.52. The Morgan fingerprint density at radius 2 is 1.72 bits per heavy atom. The maximum Gasteiger partial charge on any atom is 0.230 e. The number of carbonyl (C=O) groups is 2. The summed E-state index contributed by atoms with van der Waals surface area (Å²) in [5.41, 5.74) is 3.17. The van der Waals surface area contributed by atoms with Crippen LogP contribution in [0.4, 0.5) is 0 Å². The lowest BCUT2D eigenvalue weighted by Gasteiger charge is -2.32. The number of likely N-dealkylation sites (tertiary alicyclic amines) is 1.